The highest BCUT2D eigenvalue weighted by Crippen LogP contribution is 2.40. The maximum absolute atomic E-state index is 13.9. The van der Waals surface area contributed by atoms with E-state index in [0.717, 1.165) is 18.2 Å². The van der Waals surface area contributed by atoms with Gasteiger partial charge >= 0.3 is 0 Å². The van der Waals surface area contributed by atoms with Crippen molar-refractivity contribution in [1.82, 2.24) is 0 Å². The number of fused-ring (bicyclic) bond motifs is 1. The molecule has 16 heteroatoms. The fraction of sp³-hybridized carbons (Fsp3) is 0.464. The van der Waals surface area contributed by atoms with Crippen LogP contribution in [0.3, 0.4) is 0 Å². The summed E-state index contributed by atoms with van der Waals surface area (Å²) < 4.78 is 33.7. The quantitative estimate of drug-likeness (QED) is 0.137. The molecule has 5 rings (SSSR count). The SMILES string of the molecule is COc1cc(O)c2c(=O)c(O[C@@H]3O[C@H](CO)[C@@H](O)[C@H](O)[C@@H]3O[C@@H]3O[C@H](C)[C@H](O)[C@H](O)[C@@H]3O)c(-c3ccc(O)c(O)c3)oc2c1. The van der Waals surface area contributed by atoms with Gasteiger partial charge in [-0.2, -0.15) is 0 Å². The van der Waals surface area contributed by atoms with Crippen molar-refractivity contribution in [3.05, 3.63) is 40.6 Å². The number of aromatic hydroxyl groups is 3. The Morgan fingerprint density at radius 1 is 0.818 bits per heavy atom. The molecule has 3 aromatic rings. The Bertz CT molecular complexity index is 1560. The zero-order chi connectivity index (χ0) is 32.0. The average molecular weight is 625 g/mol. The van der Waals surface area contributed by atoms with Crippen LogP contribution < -0.4 is 14.9 Å². The predicted octanol–water partition coefficient (Wildman–Crippen LogP) is -1.38. The second-order valence-electron chi connectivity index (χ2n) is 10.4. The van der Waals surface area contributed by atoms with Gasteiger partial charge in [-0.15, -0.1) is 0 Å². The zero-order valence-corrected chi connectivity index (χ0v) is 23.3. The van der Waals surface area contributed by atoms with E-state index in [0.29, 0.717) is 0 Å². The highest BCUT2D eigenvalue weighted by Gasteiger charge is 2.51. The molecule has 3 heterocycles. The van der Waals surface area contributed by atoms with Crippen molar-refractivity contribution in [2.45, 2.75) is 68.3 Å². The highest BCUT2D eigenvalue weighted by atomic mass is 16.8. The fourth-order valence-corrected chi connectivity index (χ4v) is 5.03. The van der Waals surface area contributed by atoms with E-state index < -0.39 is 96.4 Å². The number of phenolic OH excluding ortho intramolecular Hbond substituents is 3. The molecule has 10 atom stereocenters. The molecule has 44 heavy (non-hydrogen) atoms. The van der Waals surface area contributed by atoms with Gasteiger partial charge < -0.3 is 74.1 Å². The van der Waals surface area contributed by atoms with Gasteiger partial charge in [0.05, 0.1) is 19.8 Å². The Morgan fingerprint density at radius 3 is 2.20 bits per heavy atom. The number of methoxy groups -OCH3 is 1. The molecule has 2 aliphatic heterocycles. The van der Waals surface area contributed by atoms with E-state index in [4.69, 9.17) is 28.1 Å². The maximum Gasteiger partial charge on any atom is 0.239 e. The Morgan fingerprint density at radius 2 is 1.55 bits per heavy atom. The summed E-state index contributed by atoms with van der Waals surface area (Å²) in [6, 6.07) is 5.88. The largest absolute Gasteiger partial charge is 0.507 e. The Kier molecular flexibility index (Phi) is 8.90. The summed E-state index contributed by atoms with van der Waals surface area (Å²) in [6.45, 7) is 0.566. The summed E-state index contributed by atoms with van der Waals surface area (Å²) in [5, 5.41) is 92.3. The molecule has 0 aliphatic carbocycles. The first-order valence-corrected chi connectivity index (χ1v) is 13.4. The Balaban J connectivity index is 1.63. The molecule has 0 radical (unpaired) electrons. The van der Waals surface area contributed by atoms with Crippen LogP contribution in [0.25, 0.3) is 22.3 Å². The van der Waals surface area contributed by atoms with E-state index in [-0.39, 0.29) is 28.0 Å². The second kappa shape index (κ2) is 12.4. The molecule has 1 aromatic heterocycles. The van der Waals surface area contributed by atoms with Crippen LogP contribution in [0.2, 0.25) is 0 Å². The van der Waals surface area contributed by atoms with E-state index in [1.165, 1.54) is 26.2 Å². The summed E-state index contributed by atoms with van der Waals surface area (Å²) in [5.74, 6) is -2.51. The first-order chi connectivity index (χ1) is 20.9. The normalized spacial score (nSPS) is 32.5. The van der Waals surface area contributed by atoms with Crippen LogP contribution >= 0.6 is 0 Å². The van der Waals surface area contributed by atoms with Crippen LogP contribution in [0.1, 0.15) is 6.92 Å². The highest BCUT2D eigenvalue weighted by molar-refractivity contribution is 5.88. The number of phenols is 3. The lowest BCUT2D eigenvalue weighted by atomic mass is 9.97. The van der Waals surface area contributed by atoms with Crippen LogP contribution in [-0.2, 0) is 14.2 Å². The standard InChI is InChI=1S/C28H32O16/c1-9-18(33)21(36)23(38)27(40-9)44-26-22(37)19(34)16(8-29)42-28(26)43-25-20(35)17-14(32)6-11(39-2)7-15(17)41-24(25)10-3-4-12(30)13(31)5-10/h3-7,9,16,18-19,21-23,26-34,36-38H,8H2,1-2H3/t9-,16-,18+,19-,21+,22+,23+,26+,27+,28+/m1/s1. The van der Waals surface area contributed by atoms with Gasteiger partial charge in [-0.1, -0.05) is 0 Å². The molecule has 9 N–H and O–H groups in total. The molecule has 2 aliphatic rings. The van der Waals surface area contributed by atoms with Crippen molar-refractivity contribution in [3.63, 3.8) is 0 Å². The van der Waals surface area contributed by atoms with Gasteiger partial charge in [0.15, 0.2) is 29.7 Å². The smallest absolute Gasteiger partial charge is 0.239 e. The number of aliphatic hydroxyl groups excluding tert-OH is 6. The minimum atomic E-state index is -1.90. The summed E-state index contributed by atoms with van der Waals surface area (Å²) in [7, 11) is 1.32. The van der Waals surface area contributed by atoms with Crippen molar-refractivity contribution in [2.24, 2.45) is 0 Å². The zero-order valence-electron chi connectivity index (χ0n) is 23.3. The molecule has 0 bridgehead atoms. The first kappa shape index (κ1) is 31.7. The lowest BCUT2D eigenvalue weighted by molar-refractivity contribution is -0.354. The third-order valence-corrected chi connectivity index (χ3v) is 7.54. The lowest BCUT2D eigenvalue weighted by Gasteiger charge is -2.45. The molecule has 2 saturated heterocycles. The van der Waals surface area contributed by atoms with E-state index in [2.05, 4.69) is 0 Å². The number of aliphatic hydroxyl groups is 6. The molecule has 0 amide bonds. The van der Waals surface area contributed by atoms with E-state index >= 15 is 0 Å². The molecule has 240 valence electrons. The Hall–Kier alpha value is -3.71. The van der Waals surface area contributed by atoms with Gasteiger partial charge in [-0.05, 0) is 25.1 Å². The van der Waals surface area contributed by atoms with Gasteiger partial charge in [0, 0.05) is 17.7 Å². The molecule has 2 aromatic carbocycles. The van der Waals surface area contributed by atoms with Crippen LogP contribution in [0.15, 0.2) is 39.5 Å². The van der Waals surface area contributed by atoms with Gasteiger partial charge in [0.25, 0.3) is 0 Å². The molecule has 2 fully saturated rings. The van der Waals surface area contributed by atoms with Crippen LogP contribution in [-0.4, -0.2) is 121 Å². The number of ether oxygens (including phenoxy) is 5. The molecule has 0 unspecified atom stereocenters. The van der Waals surface area contributed by atoms with Crippen LogP contribution in [0.4, 0.5) is 0 Å². The second-order valence-corrected chi connectivity index (χ2v) is 10.4. The minimum absolute atomic E-state index is 0.00106. The predicted molar refractivity (Wildman–Crippen MR) is 145 cm³/mol. The minimum Gasteiger partial charge on any atom is -0.507 e. The van der Waals surface area contributed by atoms with Crippen LogP contribution in [0, 0.1) is 0 Å². The topological polar surface area (TPSA) is 258 Å². The molecule has 16 nitrogen and oxygen atoms in total. The van der Waals surface area contributed by atoms with Crippen molar-refractivity contribution < 1.29 is 74.1 Å². The number of hydrogen-bond acceptors (Lipinski definition) is 16. The maximum atomic E-state index is 13.9. The summed E-state index contributed by atoms with van der Waals surface area (Å²) in [4.78, 5) is 13.9. The average Bonchev–Trinajstić information content (AvgIpc) is 3.00. The monoisotopic (exact) mass is 624 g/mol. The van der Waals surface area contributed by atoms with Gasteiger partial charge in [0.1, 0.15) is 59.1 Å². The van der Waals surface area contributed by atoms with Crippen molar-refractivity contribution in [1.29, 1.82) is 0 Å². The summed E-state index contributed by atoms with van der Waals surface area (Å²) in [5.41, 5.74) is -1.14. The molecule has 0 saturated carbocycles. The molecular weight excluding hydrogens is 592 g/mol. The number of hydrogen-bond donors (Lipinski definition) is 9. The van der Waals surface area contributed by atoms with Gasteiger partial charge in [-0.3, -0.25) is 4.79 Å². The van der Waals surface area contributed by atoms with E-state index in [1.54, 1.807) is 0 Å². The van der Waals surface area contributed by atoms with E-state index in [1.807, 2.05) is 0 Å². The van der Waals surface area contributed by atoms with Gasteiger partial charge in [0.2, 0.25) is 17.5 Å². The fourth-order valence-electron chi connectivity index (χ4n) is 5.03. The van der Waals surface area contributed by atoms with Crippen molar-refractivity contribution >= 4 is 11.0 Å². The lowest BCUT2D eigenvalue weighted by Crippen LogP contribution is -2.64. The third kappa shape index (κ3) is 5.63. The van der Waals surface area contributed by atoms with E-state index in [9.17, 15) is 50.8 Å². The summed E-state index contributed by atoms with van der Waals surface area (Å²) >= 11 is 0. The van der Waals surface area contributed by atoms with Crippen LogP contribution in [0.5, 0.6) is 28.7 Å². The molecule has 0 spiro atoms. The number of benzene rings is 2. The summed E-state index contributed by atoms with van der Waals surface area (Å²) in [6.07, 6.45) is -16.5. The Labute approximate surface area is 248 Å². The first-order valence-electron chi connectivity index (χ1n) is 13.4. The molecular formula is C28H32O16. The van der Waals surface area contributed by atoms with Crippen molar-refractivity contribution in [2.75, 3.05) is 13.7 Å². The third-order valence-electron chi connectivity index (χ3n) is 7.54. The number of rotatable bonds is 7. The van der Waals surface area contributed by atoms with Crippen molar-refractivity contribution in [3.8, 4) is 40.1 Å². The van der Waals surface area contributed by atoms with Gasteiger partial charge in [-0.25, -0.2) is 0 Å².